The van der Waals surface area contributed by atoms with Crippen LogP contribution in [0.2, 0.25) is 0 Å². The van der Waals surface area contributed by atoms with Crippen molar-refractivity contribution in [3.8, 4) is 11.5 Å². The Labute approximate surface area is 180 Å². The number of hydrogen-bond donors (Lipinski definition) is 0. The lowest BCUT2D eigenvalue weighted by atomic mass is 10.1. The number of ether oxygens (including phenoxy) is 3. The molecule has 0 aliphatic rings. The Morgan fingerprint density at radius 1 is 0.867 bits per heavy atom. The van der Waals surface area contributed by atoms with E-state index in [1.165, 1.54) is 26.0 Å². The van der Waals surface area contributed by atoms with E-state index in [1.54, 1.807) is 18.2 Å². The third-order valence-electron chi connectivity index (χ3n) is 4.37. The molecular weight excluding hydrogens is 400 g/mol. The summed E-state index contributed by atoms with van der Waals surface area (Å²) in [4.78, 5) is 26.5. The normalized spacial score (nSPS) is 11.4. The largest absolute Gasteiger partial charge is 0.497 e. The van der Waals surface area contributed by atoms with Gasteiger partial charge in [0, 0.05) is 4.90 Å². The first-order chi connectivity index (χ1) is 14.6. The van der Waals surface area contributed by atoms with Gasteiger partial charge in [-0.25, -0.2) is 0 Å². The molecule has 0 unspecified atom stereocenters. The van der Waals surface area contributed by atoms with Crippen LogP contribution in [0.25, 0.3) is 0 Å². The molecule has 3 rings (SSSR count). The Bertz CT molecular complexity index is 989. The van der Waals surface area contributed by atoms with Gasteiger partial charge in [0.05, 0.1) is 19.8 Å². The van der Waals surface area contributed by atoms with Crippen LogP contribution in [-0.2, 0) is 9.53 Å². The minimum atomic E-state index is -0.589. The number of esters is 1. The predicted molar refractivity (Wildman–Crippen MR) is 116 cm³/mol. The van der Waals surface area contributed by atoms with Crippen LogP contribution < -0.4 is 9.47 Å². The summed E-state index contributed by atoms with van der Waals surface area (Å²) in [6.07, 6.45) is 0. The van der Waals surface area contributed by atoms with E-state index < -0.39 is 11.2 Å². The first-order valence-corrected chi connectivity index (χ1v) is 10.2. The van der Waals surface area contributed by atoms with Gasteiger partial charge in [-0.3, -0.25) is 9.59 Å². The van der Waals surface area contributed by atoms with Crippen molar-refractivity contribution < 1.29 is 23.8 Å². The summed E-state index contributed by atoms with van der Waals surface area (Å²) in [5, 5.41) is -0.589. The summed E-state index contributed by atoms with van der Waals surface area (Å²) in [6.45, 7) is -0.388. The topological polar surface area (TPSA) is 61.8 Å². The number of rotatable bonds is 9. The second kappa shape index (κ2) is 10.5. The van der Waals surface area contributed by atoms with Gasteiger partial charge in [-0.1, -0.05) is 48.5 Å². The lowest BCUT2D eigenvalue weighted by Crippen LogP contribution is -2.19. The minimum absolute atomic E-state index is 0.302. The van der Waals surface area contributed by atoms with E-state index >= 15 is 0 Å². The van der Waals surface area contributed by atoms with Gasteiger partial charge in [-0.2, -0.15) is 0 Å². The quantitative estimate of drug-likeness (QED) is 0.276. The number of carbonyl (C=O) groups is 2. The van der Waals surface area contributed by atoms with Crippen LogP contribution in [-0.4, -0.2) is 32.6 Å². The lowest BCUT2D eigenvalue weighted by Gasteiger charge is -2.16. The number of thioether (sulfide) groups is 1. The van der Waals surface area contributed by atoms with Crippen LogP contribution in [0.3, 0.4) is 0 Å². The van der Waals surface area contributed by atoms with Crippen LogP contribution >= 0.6 is 11.8 Å². The molecule has 0 saturated heterocycles. The fourth-order valence-electron chi connectivity index (χ4n) is 2.84. The maximum absolute atomic E-state index is 12.9. The van der Waals surface area contributed by atoms with E-state index in [9.17, 15) is 9.59 Å². The van der Waals surface area contributed by atoms with Gasteiger partial charge < -0.3 is 14.2 Å². The van der Waals surface area contributed by atoms with Gasteiger partial charge >= 0.3 is 5.97 Å². The number of benzene rings is 3. The second-order valence-electron chi connectivity index (χ2n) is 6.32. The van der Waals surface area contributed by atoms with Crippen molar-refractivity contribution in [2.45, 2.75) is 10.1 Å². The molecule has 0 amide bonds. The van der Waals surface area contributed by atoms with Gasteiger partial charge in [0.15, 0.2) is 6.61 Å². The van der Waals surface area contributed by atoms with Gasteiger partial charge in [-0.15, -0.1) is 11.8 Å². The van der Waals surface area contributed by atoms with Crippen molar-refractivity contribution in [2.75, 3.05) is 20.8 Å². The summed E-state index contributed by atoms with van der Waals surface area (Å²) in [6, 6.07) is 23.9. The van der Waals surface area contributed by atoms with Crippen molar-refractivity contribution in [2.24, 2.45) is 0 Å². The Morgan fingerprint density at radius 3 is 2.17 bits per heavy atom. The van der Waals surface area contributed by atoms with Crippen molar-refractivity contribution in [1.29, 1.82) is 0 Å². The molecular formula is C24H22O5S. The predicted octanol–water partition coefficient (Wildman–Crippen LogP) is 4.96. The SMILES string of the molecule is COc1ccc(OC)c(C(=O)COC(=O)[C@H](Sc2ccccc2)c2ccccc2)c1. The highest BCUT2D eigenvalue weighted by Gasteiger charge is 2.25. The molecule has 3 aromatic rings. The Hall–Kier alpha value is -3.25. The Kier molecular flexibility index (Phi) is 7.51. The zero-order valence-electron chi connectivity index (χ0n) is 16.7. The molecule has 1 atom stereocenters. The summed E-state index contributed by atoms with van der Waals surface area (Å²) in [7, 11) is 2.99. The summed E-state index contributed by atoms with van der Waals surface area (Å²) >= 11 is 1.38. The highest BCUT2D eigenvalue weighted by Crippen LogP contribution is 2.36. The average molecular weight is 423 g/mol. The first kappa shape index (κ1) is 21.5. The standard InChI is InChI=1S/C24H22O5S/c1-27-18-13-14-22(28-2)20(15-18)21(25)16-29-24(26)23(17-9-5-3-6-10-17)30-19-11-7-4-8-12-19/h3-15,23H,16H2,1-2H3/t23-/m1/s1. The highest BCUT2D eigenvalue weighted by atomic mass is 32.2. The fourth-order valence-corrected chi connectivity index (χ4v) is 3.88. The molecule has 0 radical (unpaired) electrons. The number of methoxy groups -OCH3 is 2. The zero-order valence-corrected chi connectivity index (χ0v) is 17.6. The van der Waals surface area contributed by atoms with Gasteiger partial charge in [0.25, 0.3) is 0 Å². The minimum Gasteiger partial charge on any atom is -0.497 e. The zero-order chi connectivity index (χ0) is 21.3. The van der Waals surface area contributed by atoms with Crippen LogP contribution in [0.1, 0.15) is 21.2 Å². The molecule has 0 heterocycles. The van der Waals surface area contributed by atoms with E-state index in [-0.39, 0.29) is 12.4 Å². The first-order valence-electron chi connectivity index (χ1n) is 9.31. The number of hydrogen-bond acceptors (Lipinski definition) is 6. The maximum atomic E-state index is 12.9. The van der Waals surface area contributed by atoms with E-state index in [0.717, 1.165) is 10.5 Å². The molecule has 3 aromatic carbocycles. The molecule has 0 bridgehead atoms. The monoisotopic (exact) mass is 422 g/mol. The third-order valence-corrected chi connectivity index (χ3v) is 5.61. The van der Waals surface area contributed by atoms with Crippen molar-refractivity contribution in [3.63, 3.8) is 0 Å². The van der Waals surface area contributed by atoms with Gasteiger partial charge in [0.2, 0.25) is 5.78 Å². The number of Topliss-reactive ketones (excluding diaryl/α,β-unsaturated/α-hetero) is 1. The maximum Gasteiger partial charge on any atom is 0.324 e. The highest BCUT2D eigenvalue weighted by molar-refractivity contribution is 8.00. The number of carbonyl (C=O) groups excluding carboxylic acids is 2. The van der Waals surface area contributed by atoms with Crippen LogP contribution in [0, 0.1) is 0 Å². The molecule has 0 aliphatic heterocycles. The van der Waals surface area contributed by atoms with Crippen molar-refractivity contribution in [1.82, 2.24) is 0 Å². The molecule has 154 valence electrons. The third kappa shape index (κ3) is 5.42. The molecule has 5 nitrogen and oxygen atoms in total. The molecule has 0 aromatic heterocycles. The van der Waals surface area contributed by atoms with Crippen LogP contribution in [0.15, 0.2) is 83.8 Å². The van der Waals surface area contributed by atoms with E-state index in [0.29, 0.717) is 17.1 Å². The van der Waals surface area contributed by atoms with E-state index in [2.05, 4.69) is 0 Å². The second-order valence-corrected chi connectivity index (χ2v) is 7.50. The fraction of sp³-hybridized carbons (Fsp3) is 0.167. The molecule has 0 saturated carbocycles. The van der Waals surface area contributed by atoms with Crippen molar-refractivity contribution in [3.05, 3.63) is 90.0 Å². The smallest absolute Gasteiger partial charge is 0.324 e. The van der Waals surface area contributed by atoms with E-state index in [1.807, 2.05) is 60.7 Å². The van der Waals surface area contributed by atoms with Crippen LogP contribution in [0.5, 0.6) is 11.5 Å². The molecule has 0 aliphatic carbocycles. The Balaban J connectivity index is 1.75. The Morgan fingerprint density at radius 2 is 1.53 bits per heavy atom. The molecule has 30 heavy (non-hydrogen) atoms. The molecule has 0 N–H and O–H groups in total. The summed E-state index contributed by atoms with van der Waals surface area (Å²) in [5.41, 5.74) is 1.11. The number of ketones is 1. The van der Waals surface area contributed by atoms with Crippen molar-refractivity contribution >= 4 is 23.5 Å². The summed E-state index contributed by atoms with van der Waals surface area (Å²) in [5.74, 6) is 0.0725. The lowest BCUT2D eigenvalue weighted by molar-refractivity contribution is -0.142. The van der Waals surface area contributed by atoms with Crippen LogP contribution in [0.4, 0.5) is 0 Å². The van der Waals surface area contributed by atoms with Gasteiger partial charge in [-0.05, 0) is 35.9 Å². The molecule has 6 heteroatoms. The molecule has 0 spiro atoms. The summed E-state index contributed by atoms with van der Waals surface area (Å²) < 4.78 is 15.8. The van der Waals surface area contributed by atoms with Gasteiger partial charge in [0.1, 0.15) is 16.7 Å². The van der Waals surface area contributed by atoms with E-state index in [4.69, 9.17) is 14.2 Å². The molecule has 0 fully saturated rings. The average Bonchev–Trinajstić information content (AvgIpc) is 2.81.